The lowest BCUT2D eigenvalue weighted by Gasteiger charge is -2.14. The van der Waals surface area contributed by atoms with Crippen LogP contribution in [0.3, 0.4) is 0 Å². The standard InChI is InChI=1S/C12H18FN.ClH/c1-8(2)6-12(14)10-5-4-9(3)11(13)7-10;/h4-5,7-8,12H,6,14H2,1-3H3;1H/t12-;/m1./s1. The topological polar surface area (TPSA) is 26.0 Å². The van der Waals surface area contributed by atoms with Crippen LogP contribution in [0, 0.1) is 18.7 Å². The van der Waals surface area contributed by atoms with Gasteiger partial charge in [0.15, 0.2) is 0 Å². The van der Waals surface area contributed by atoms with Crippen LogP contribution in [0.4, 0.5) is 4.39 Å². The summed E-state index contributed by atoms with van der Waals surface area (Å²) in [5.41, 5.74) is 7.51. The Balaban J connectivity index is 0.00000196. The molecule has 0 spiro atoms. The molecule has 0 fully saturated rings. The molecule has 86 valence electrons. The summed E-state index contributed by atoms with van der Waals surface area (Å²) < 4.78 is 13.2. The highest BCUT2D eigenvalue weighted by Crippen LogP contribution is 2.20. The first-order chi connectivity index (χ1) is 6.50. The van der Waals surface area contributed by atoms with Crippen molar-refractivity contribution in [3.8, 4) is 0 Å². The summed E-state index contributed by atoms with van der Waals surface area (Å²) in [6.45, 7) is 5.99. The maximum atomic E-state index is 13.2. The van der Waals surface area contributed by atoms with Gasteiger partial charge in [0.1, 0.15) is 5.82 Å². The minimum absolute atomic E-state index is 0. The first-order valence-corrected chi connectivity index (χ1v) is 5.02. The number of hydrogen-bond donors (Lipinski definition) is 1. The van der Waals surface area contributed by atoms with E-state index < -0.39 is 0 Å². The molecular formula is C12H19ClFN. The second-order valence-corrected chi connectivity index (χ2v) is 4.24. The van der Waals surface area contributed by atoms with Crippen LogP contribution in [-0.4, -0.2) is 0 Å². The molecule has 3 heteroatoms. The van der Waals surface area contributed by atoms with Crippen LogP contribution in [0.2, 0.25) is 0 Å². The second-order valence-electron chi connectivity index (χ2n) is 4.24. The Bertz CT molecular complexity index is 312. The Kier molecular flexibility index (Phi) is 5.84. The number of benzene rings is 1. The van der Waals surface area contributed by atoms with Gasteiger partial charge in [-0.3, -0.25) is 0 Å². The van der Waals surface area contributed by atoms with E-state index in [4.69, 9.17) is 5.73 Å². The Morgan fingerprint density at radius 1 is 1.33 bits per heavy atom. The van der Waals surface area contributed by atoms with E-state index in [0.29, 0.717) is 11.5 Å². The zero-order chi connectivity index (χ0) is 10.7. The summed E-state index contributed by atoms with van der Waals surface area (Å²) >= 11 is 0. The van der Waals surface area contributed by atoms with Gasteiger partial charge >= 0.3 is 0 Å². The lowest BCUT2D eigenvalue weighted by molar-refractivity contribution is 0.506. The molecule has 0 saturated carbocycles. The molecule has 0 bridgehead atoms. The largest absolute Gasteiger partial charge is 0.324 e. The molecule has 0 amide bonds. The molecule has 0 radical (unpaired) electrons. The first kappa shape index (κ1) is 14.4. The molecule has 15 heavy (non-hydrogen) atoms. The Hall–Kier alpha value is -0.600. The number of aryl methyl sites for hydroxylation is 1. The second kappa shape index (κ2) is 6.09. The molecular weight excluding hydrogens is 213 g/mol. The molecule has 1 rings (SSSR count). The van der Waals surface area contributed by atoms with Gasteiger partial charge in [0.25, 0.3) is 0 Å². The molecule has 1 aromatic rings. The average Bonchev–Trinajstić information content (AvgIpc) is 2.08. The fourth-order valence-electron chi connectivity index (χ4n) is 1.48. The van der Waals surface area contributed by atoms with E-state index in [9.17, 15) is 4.39 Å². The van der Waals surface area contributed by atoms with Crippen LogP contribution in [0.25, 0.3) is 0 Å². The summed E-state index contributed by atoms with van der Waals surface area (Å²) in [5.74, 6) is 0.371. The van der Waals surface area contributed by atoms with Gasteiger partial charge in [-0.25, -0.2) is 4.39 Å². The molecule has 1 aromatic carbocycles. The molecule has 2 N–H and O–H groups in total. The lowest BCUT2D eigenvalue weighted by Crippen LogP contribution is -2.13. The van der Waals surface area contributed by atoms with E-state index >= 15 is 0 Å². The van der Waals surface area contributed by atoms with Crippen LogP contribution in [-0.2, 0) is 0 Å². The van der Waals surface area contributed by atoms with Gasteiger partial charge in [0.05, 0.1) is 0 Å². The molecule has 0 aliphatic heterocycles. The fourth-order valence-corrected chi connectivity index (χ4v) is 1.48. The maximum absolute atomic E-state index is 13.2. The van der Waals surface area contributed by atoms with Crippen LogP contribution < -0.4 is 5.73 Å². The van der Waals surface area contributed by atoms with E-state index in [-0.39, 0.29) is 24.3 Å². The Morgan fingerprint density at radius 3 is 2.40 bits per heavy atom. The monoisotopic (exact) mass is 231 g/mol. The highest BCUT2D eigenvalue weighted by molar-refractivity contribution is 5.85. The predicted octanol–water partition coefficient (Wildman–Crippen LogP) is 3.60. The third-order valence-electron chi connectivity index (χ3n) is 2.35. The highest BCUT2D eigenvalue weighted by atomic mass is 35.5. The predicted molar refractivity (Wildman–Crippen MR) is 64.8 cm³/mol. The van der Waals surface area contributed by atoms with Crippen molar-refractivity contribution in [2.24, 2.45) is 11.7 Å². The van der Waals surface area contributed by atoms with Gasteiger partial charge in [-0.2, -0.15) is 0 Å². The normalized spacial score (nSPS) is 12.4. The first-order valence-electron chi connectivity index (χ1n) is 5.02. The molecule has 1 atom stereocenters. The van der Waals surface area contributed by atoms with E-state index in [1.54, 1.807) is 19.1 Å². The summed E-state index contributed by atoms with van der Waals surface area (Å²) in [6, 6.07) is 5.18. The zero-order valence-corrected chi connectivity index (χ0v) is 10.3. The fraction of sp³-hybridized carbons (Fsp3) is 0.500. The van der Waals surface area contributed by atoms with Crippen LogP contribution in [0.1, 0.15) is 37.4 Å². The number of rotatable bonds is 3. The van der Waals surface area contributed by atoms with Gasteiger partial charge in [-0.1, -0.05) is 26.0 Å². The molecule has 0 aliphatic rings. The lowest BCUT2D eigenvalue weighted by atomic mass is 9.97. The van der Waals surface area contributed by atoms with E-state index in [1.165, 1.54) is 0 Å². The Labute approximate surface area is 97.3 Å². The molecule has 0 heterocycles. The molecule has 0 aromatic heterocycles. The highest BCUT2D eigenvalue weighted by Gasteiger charge is 2.09. The number of hydrogen-bond acceptors (Lipinski definition) is 1. The number of halogens is 2. The zero-order valence-electron chi connectivity index (χ0n) is 9.46. The van der Waals surface area contributed by atoms with Crippen molar-refractivity contribution in [1.29, 1.82) is 0 Å². The molecule has 0 aliphatic carbocycles. The maximum Gasteiger partial charge on any atom is 0.126 e. The molecule has 0 unspecified atom stereocenters. The van der Waals surface area contributed by atoms with Crippen LogP contribution in [0.5, 0.6) is 0 Å². The SMILES string of the molecule is Cc1ccc([C@H](N)CC(C)C)cc1F.Cl. The van der Waals surface area contributed by atoms with Crippen molar-refractivity contribution < 1.29 is 4.39 Å². The third kappa shape index (κ3) is 4.18. The minimum Gasteiger partial charge on any atom is -0.324 e. The van der Waals surface area contributed by atoms with Crippen molar-refractivity contribution in [3.63, 3.8) is 0 Å². The number of nitrogens with two attached hydrogens (primary N) is 1. The van der Waals surface area contributed by atoms with Gasteiger partial charge in [-0.05, 0) is 36.5 Å². The van der Waals surface area contributed by atoms with Crippen LogP contribution in [0.15, 0.2) is 18.2 Å². The van der Waals surface area contributed by atoms with Crippen molar-refractivity contribution in [2.75, 3.05) is 0 Å². The van der Waals surface area contributed by atoms with E-state index in [2.05, 4.69) is 13.8 Å². The van der Waals surface area contributed by atoms with E-state index in [0.717, 1.165) is 12.0 Å². The van der Waals surface area contributed by atoms with Gasteiger partial charge < -0.3 is 5.73 Å². The third-order valence-corrected chi connectivity index (χ3v) is 2.35. The van der Waals surface area contributed by atoms with Crippen LogP contribution >= 0.6 is 12.4 Å². The summed E-state index contributed by atoms with van der Waals surface area (Å²) in [5, 5.41) is 0. The summed E-state index contributed by atoms with van der Waals surface area (Å²) in [6.07, 6.45) is 0.891. The van der Waals surface area contributed by atoms with Crippen molar-refractivity contribution in [2.45, 2.75) is 33.2 Å². The quantitative estimate of drug-likeness (QED) is 0.845. The van der Waals surface area contributed by atoms with E-state index in [1.807, 2.05) is 6.07 Å². The van der Waals surface area contributed by atoms with Crippen molar-refractivity contribution in [3.05, 3.63) is 35.1 Å². The van der Waals surface area contributed by atoms with Gasteiger partial charge in [0.2, 0.25) is 0 Å². The van der Waals surface area contributed by atoms with Crippen molar-refractivity contribution in [1.82, 2.24) is 0 Å². The van der Waals surface area contributed by atoms with Gasteiger partial charge in [-0.15, -0.1) is 12.4 Å². The summed E-state index contributed by atoms with van der Waals surface area (Å²) in [7, 11) is 0. The minimum atomic E-state index is -0.165. The Morgan fingerprint density at radius 2 is 1.93 bits per heavy atom. The smallest absolute Gasteiger partial charge is 0.126 e. The van der Waals surface area contributed by atoms with Crippen molar-refractivity contribution >= 4 is 12.4 Å². The van der Waals surface area contributed by atoms with Gasteiger partial charge in [0, 0.05) is 6.04 Å². The average molecular weight is 232 g/mol. The molecule has 1 nitrogen and oxygen atoms in total. The summed E-state index contributed by atoms with van der Waals surface area (Å²) in [4.78, 5) is 0. The molecule has 0 saturated heterocycles.